The Hall–Kier alpha value is -1.16. The summed E-state index contributed by atoms with van der Waals surface area (Å²) < 4.78 is 1.81. The third kappa shape index (κ3) is 2.48. The predicted molar refractivity (Wildman–Crippen MR) is 71.5 cm³/mol. The van der Waals surface area contributed by atoms with Crippen LogP contribution >= 0.6 is 0 Å². The molecule has 1 fully saturated rings. The first-order valence-electron chi connectivity index (χ1n) is 6.69. The van der Waals surface area contributed by atoms with Crippen molar-refractivity contribution in [3.63, 3.8) is 0 Å². The number of carbonyl (C=O) groups excluding carboxylic acids is 1. The van der Waals surface area contributed by atoms with Crippen molar-refractivity contribution in [2.24, 2.45) is 7.05 Å². The number of hydrogen-bond donors (Lipinski definition) is 0. The highest BCUT2D eigenvalue weighted by Crippen LogP contribution is 2.23. The van der Waals surface area contributed by atoms with Gasteiger partial charge in [0.1, 0.15) is 0 Å². The summed E-state index contributed by atoms with van der Waals surface area (Å²) in [6, 6.07) is 2.00. The fraction of sp³-hybridized carbons (Fsp3) is 0.714. The van der Waals surface area contributed by atoms with Gasteiger partial charge in [0.15, 0.2) is 5.78 Å². The van der Waals surface area contributed by atoms with Crippen molar-refractivity contribution in [3.8, 4) is 0 Å². The van der Waals surface area contributed by atoms with Crippen molar-refractivity contribution in [2.45, 2.75) is 45.6 Å². The standard InChI is InChI=1S/C14H23N3O/c1-11-9-12(16(4)15-11)10-13(18)14(2,3)17-7-5-6-8-17/h9H,5-8,10H2,1-4H3. The van der Waals surface area contributed by atoms with Gasteiger partial charge in [-0.15, -0.1) is 0 Å². The molecule has 0 N–H and O–H groups in total. The molecule has 1 saturated heterocycles. The summed E-state index contributed by atoms with van der Waals surface area (Å²) in [5, 5.41) is 4.29. The van der Waals surface area contributed by atoms with Gasteiger partial charge in [-0.3, -0.25) is 14.4 Å². The van der Waals surface area contributed by atoms with E-state index in [0.29, 0.717) is 6.42 Å². The average molecular weight is 249 g/mol. The van der Waals surface area contributed by atoms with Gasteiger partial charge in [0.25, 0.3) is 0 Å². The lowest BCUT2D eigenvalue weighted by molar-refractivity contribution is -0.128. The first-order chi connectivity index (χ1) is 8.41. The van der Waals surface area contributed by atoms with E-state index >= 15 is 0 Å². The lowest BCUT2D eigenvalue weighted by Crippen LogP contribution is -2.49. The maximum atomic E-state index is 12.5. The third-order valence-electron chi connectivity index (χ3n) is 4.02. The van der Waals surface area contributed by atoms with Crippen molar-refractivity contribution in [1.82, 2.24) is 14.7 Å². The van der Waals surface area contributed by atoms with Gasteiger partial charge in [-0.05, 0) is 52.8 Å². The molecule has 18 heavy (non-hydrogen) atoms. The SMILES string of the molecule is Cc1cc(CC(=O)C(C)(C)N2CCCC2)n(C)n1. The Balaban J connectivity index is 2.09. The molecule has 100 valence electrons. The molecule has 1 aliphatic rings. The zero-order valence-corrected chi connectivity index (χ0v) is 11.9. The van der Waals surface area contributed by atoms with Crippen molar-refractivity contribution in [3.05, 3.63) is 17.5 Å². The van der Waals surface area contributed by atoms with Gasteiger partial charge in [0.2, 0.25) is 0 Å². The number of likely N-dealkylation sites (tertiary alicyclic amines) is 1. The van der Waals surface area contributed by atoms with Crippen LogP contribution in [0.3, 0.4) is 0 Å². The van der Waals surface area contributed by atoms with Crippen LogP contribution in [0.15, 0.2) is 6.07 Å². The van der Waals surface area contributed by atoms with Gasteiger partial charge in [-0.2, -0.15) is 5.10 Å². The lowest BCUT2D eigenvalue weighted by atomic mass is 9.93. The minimum absolute atomic E-state index is 0.285. The highest BCUT2D eigenvalue weighted by atomic mass is 16.1. The second-order valence-electron chi connectivity index (χ2n) is 5.75. The number of aryl methyl sites for hydroxylation is 2. The van der Waals surface area contributed by atoms with Crippen LogP contribution in [0, 0.1) is 6.92 Å². The van der Waals surface area contributed by atoms with E-state index in [-0.39, 0.29) is 11.3 Å². The monoisotopic (exact) mass is 249 g/mol. The molecule has 0 amide bonds. The zero-order chi connectivity index (χ0) is 13.3. The maximum Gasteiger partial charge on any atom is 0.158 e. The highest BCUT2D eigenvalue weighted by molar-refractivity contribution is 5.89. The molecule has 0 unspecified atom stereocenters. The molecule has 0 atom stereocenters. The second-order valence-corrected chi connectivity index (χ2v) is 5.75. The summed E-state index contributed by atoms with van der Waals surface area (Å²) in [6.45, 7) is 8.14. The average Bonchev–Trinajstić information content (AvgIpc) is 2.89. The summed E-state index contributed by atoms with van der Waals surface area (Å²) in [5.41, 5.74) is 1.62. The van der Waals surface area contributed by atoms with Gasteiger partial charge in [-0.1, -0.05) is 0 Å². The van der Waals surface area contributed by atoms with E-state index in [2.05, 4.69) is 10.00 Å². The van der Waals surface area contributed by atoms with E-state index in [0.717, 1.165) is 24.5 Å². The minimum atomic E-state index is -0.353. The molecule has 1 aromatic rings. The summed E-state index contributed by atoms with van der Waals surface area (Å²) in [5.74, 6) is 0.285. The number of Topliss-reactive ketones (excluding diaryl/α,β-unsaturated/α-hetero) is 1. The Labute approximate surface area is 109 Å². The predicted octanol–water partition coefficient (Wildman–Crippen LogP) is 1.71. The molecule has 0 aromatic carbocycles. The highest BCUT2D eigenvalue weighted by Gasteiger charge is 2.35. The number of aromatic nitrogens is 2. The normalized spacial score (nSPS) is 17.3. The smallest absolute Gasteiger partial charge is 0.158 e. The summed E-state index contributed by atoms with van der Waals surface area (Å²) in [7, 11) is 1.90. The van der Waals surface area contributed by atoms with Crippen molar-refractivity contribution in [2.75, 3.05) is 13.1 Å². The fourth-order valence-corrected chi connectivity index (χ4v) is 2.66. The second kappa shape index (κ2) is 4.84. The molecule has 0 saturated carbocycles. The Morgan fingerprint density at radius 3 is 2.50 bits per heavy atom. The summed E-state index contributed by atoms with van der Waals surface area (Å²) in [4.78, 5) is 14.8. The van der Waals surface area contributed by atoms with Crippen LogP contribution in [-0.4, -0.2) is 39.1 Å². The fourth-order valence-electron chi connectivity index (χ4n) is 2.66. The van der Waals surface area contributed by atoms with Gasteiger partial charge < -0.3 is 0 Å². The number of nitrogens with zero attached hydrogens (tertiary/aromatic N) is 3. The molecule has 0 radical (unpaired) electrons. The number of rotatable bonds is 4. The van der Waals surface area contributed by atoms with Crippen LogP contribution in [0.4, 0.5) is 0 Å². The number of ketones is 1. The maximum absolute atomic E-state index is 12.5. The van der Waals surface area contributed by atoms with Crippen molar-refractivity contribution >= 4 is 5.78 Å². The zero-order valence-electron chi connectivity index (χ0n) is 11.9. The van der Waals surface area contributed by atoms with E-state index in [1.54, 1.807) is 0 Å². The molecular formula is C14H23N3O. The van der Waals surface area contributed by atoms with E-state index in [4.69, 9.17) is 0 Å². The molecule has 4 nitrogen and oxygen atoms in total. The quantitative estimate of drug-likeness (QED) is 0.815. The Bertz CT molecular complexity index is 442. The Kier molecular flexibility index (Phi) is 3.57. The van der Waals surface area contributed by atoms with Gasteiger partial charge >= 0.3 is 0 Å². The molecule has 1 aliphatic heterocycles. The molecule has 0 bridgehead atoms. The minimum Gasteiger partial charge on any atom is -0.297 e. The molecule has 2 rings (SSSR count). The van der Waals surface area contributed by atoms with Gasteiger partial charge in [-0.25, -0.2) is 0 Å². The molecule has 4 heteroatoms. The number of carbonyl (C=O) groups is 1. The summed E-state index contributed by atoms with van der Waals surface area (Å²) in [6.07, 6.45) is 2.89. The van der Waals surface area contributed by atoms with Crippen LogP contribution in [0.25, 0.3) is 0 Å². The van der Waals surface area contributed by atoms with Gasteiger partial charge in [0.05, 0.1) is 17.7 Å². The first-order valence-corrected chi connectivity index (χ1v) is 6.69. The van der Waals surface area contributed by atoms with Crippen LogP contribution in [0.5, 0.6) is 0 Å². The van der Waals surface area contributed by atoms with Crippen molar-refractivity contribution in [1.29, 1.82) is 0 Å². The number of hydrogen-bond acceptors (Lipinski definition) is 3. The molecule has 2 heterocycles. The Morgan fingerprint density at radius 1 is 1.39 bits per heavy atom. The summed E-state index contributed by atoms with van der Waals surface area (Å²) >= 11 is 0. The Morgan fingerprint density at radius 2 is 2.00 bits per heavy atom. The van der Waals surface area contributed by atoms with Gasteiger partial charge in [0, 0.05) is 12.7 Å². The van der Waals surface area contributed by atoms with Crippen LogP contribution in [0.1, 0.15) is 38.1 Å². The van der Waals surface area contributed by atoms with Crippen LogP contribution in [-0.2, 0) is 18.3 Å². The topological polar surface area (TPSA) is 38.1 Å². The molecule has 0 aliphatic carbocycles. The molecule has 0 spiro atoms. The first kappa shape index (κ1) is 13.3. The van der Waals surface area contributed by atoms with Crippen LogP contribution in [0.2, 0.25) is 0 Å². The van der Waals surface area contributed by atoms with E-state index in [1.807, 2.05) is 38.6 Å². The van der Waals surface area contributed by atoms with Crippen molar-refractivity contribution < 1.29 is 4.79 Å². The van der Waals surface area contributed by atoms with E-state index in [1.165, 1.54) is 12.8 Å². The van der Waals surface area contributed by atoms with E-state index < -0.39 is 0 Å². The molecule has 1 aromatic heterocycles. The van der Waals surface area contributed by atoms with E-state index in [9.17, 15) is 4.79 Å². The largest absolute Gasteiger partial charge is 0.297 e. The lowest BCUT2D eigenvalue weighted by Gasteiger charge is -2.33. The molecular weight excluding hydrogens is 226 g/mol. The van der Waals surface area contributed by atoms with Crippen LogP contribution < -0.4 is 0 Å². The third-order valence-corrected chi connectivity index (χ3v) is 4.02.